The smallest absolute Gasteiger partial charge is 0.326 e. The second-order valence-electron chi connectivity index (χ2n) is 4.40. The van der Waals surface area contributed by atoms with Gasteiger partial charge in [-0.1, -0.05) is 0 Å². The predicted molar refractivity (Wildman–Crippen MR) is 64.4 cm³/mol. The highest BCUT2D eigenvalue weighted by molar-refractivity contribution is 5.83. The van der Waals surface area contributed by atoms with Crippen molar-refractivity contribution in [3.63, 3.8) is 0 Å². The molecular formula is C11H16N4O4. The van der Waals surface area contributed by atoms with Crippen molar-refractivity contribution in [2.75, 3.05) is 13.1 Å². The third-order valence-corrected chi connectivity index (χ3v) is 3.00. The summed E-state index contributed by atoms with van der Waals surface area (Å²) in [5.41, 5.74) is 0. The largest absolute Gasteiger partial charge is 0.480 e. The third-order valence-electron chi connectivity index (χ3n) is 3.00. The molecule has 3 N–H and O–H groups in total. The van der Waals surface area contributed by atoms with Gasteiger partial charge in [-0.05, 0) is 6.07 Å². The maximum atomic E-state index is 11.8. The molecule has 1 aromatic heterocycles. The molecule has 104 valence electrons. The van der Waals surface area contributed by atoms with E-state index < -0.39 is 24.1 Å². The Balaban J connectivity index is 1.83. The van der Waals surface area contributed by atoms with Crippen LogP contribution in [0.3, 0.4) is 0 Å². The standard InChI is InChI=1S/C11H16N4O4/c16-8-6-9(10(17)18)15(7-8)11(19)12-3-5-14-4-1-2-13-14/h1-2,4,8-9,16H,3,5-7H2,(H,12,19)(H,17,18)/t8-,9-/m1/s1. The summed E-state index contributed by atoms with van der Waals surface area (Å²) in [4.78, 5) is 24.0. The molecule has 2 amide bonds. The van der Waals surface area contributed by atoms with E-state index in [-0.39, 0.29) is 13.0 Å². The van der Waals surface area contributed by atoms with Crippen LogP contribution in [0.25, 0.3) is 0 Å². The quantitative estimate of drug-likeness (QED) is 0.656. The zero-order chi connectivity index (χ0) is 13.8. The van der Waals surface area contributed by atoms with E-state index in [1.54, 1.807) is 23.1 Å². The lowest BCUT2D eigenvalue weighted by molar-refractivity contribution is -0.141. The molecule has 0 bridgehead atoms. The molecular weight excluding hydrogens is 252 g/mol. The van der Waals surface area contributed by atoms with E-state index in [4.69, 9.17) is 5.11 Å². The minimum absolute atomic E-state index is 0.0462. The number of rotatable bonds is 4. The molecule has 8 heteroatoms. The molecule has 1 aliphatic rings. The van der Waals surface area contributed by atoms with Gasteiger partial charge < -0.3 is 20.4 Å². The molecule has 8 nitrogen and oxygen atoms in total. The van der Waals surface area contributed by atoms with Crippen molar-refractivity contribution < 1.29 is 19.8 Å². The van der Waals surface area contributed by atoms with Gasteiger partial charge in [-0.15, -0.1) is 0 Å². The number of aliphatic carboxylic acids is 1. The van der Waals surface area contributed by atoms with Crippen LogP contribution in [0.2, 0.25) is 0 Å². The van der Waals surface area contributed by atoms with Gasteiger partial charge in [0.25, 0.3) is 0 Å². The highest BCUT2D eigenvalue weighted by Gasteiger charge is 2.38. The van der Waals surface area contributed by atoms with Gasteiger partial charge in [-0.25, -0.2) is 9.59 Å². The van der Waals surface area contributed by atoms with Crippen LogP contribution in [0.4, 0.5) is 4.79 Å². The first kappa shape index (κ1) is 13.3. The summed E-state index contributed by atoms with van der Waals surface area (Å²) in [7, 11) is 0. The van der Waals surface area contributed by atoms with Gasteiger partial charge >= 0.3 is 12.0 Å². The van der Waals surface area contributed by atoms with Crippen molar-refractivity contribution in [1.29, 1.82) is 0 Å². The summed E-state index contributed by atoms with van der Waals surface area (Å²) < 4.78 is 1.66. The Kier molecular flexibility index (Phi) is 4.00. The van der Waals surface area contributed by atoms with Crippen LogP contribution in [0.5, 0.6) is 0 Å². The number of aromatic nitrogens is 2. The Morgan fingerprint density at radius 1 is 1.47 bits per heavy atom. The second kappa shape index (κ2) is 5.70. The number of nitrogens with one attached hydrogen (secondary N) is 1. The fourth-order valence-corrected chi connectivity index (χ4v) is 2.08. The Bertz CT molecular complexity index is 448. The highest BCUT2D eigenvalue weighted by atomic mass is 16.4. The first-order chi connectivity index (χ1) is 9.08. The molecule has 19 heavy (non-hydrogen) atoms. The van der Waals surface area contributed by atoms with Gasteiger partial charge in [0.2, 0.25) is 0 Å². The van der Waals surface area contributed by atoms with Gasteiger partial charge in [-0.3, -0.25) is 4.68 Å². The van der Waals surface area contributed by atoms with Crippen LogP contribution >= 0.6 is 0 Å². The lowest BCUT2D eigenvalue weighted by atomic mass is 10.2. The Morgan fingerprint density at radius 3 is 2.89 bits per heavy atom. The van der Waals surface area contributed by atoms with Crippen molar-refractivity contribution >= 4 is 12.0 Å². The number of amides is 2. The summed E-state index contributed by atoms with van der Waals surface area (Å²) >= 11 is 0. The van der Waals surface area contributed by atoms with Crippen molar-refractivity contribution in [2.45, 2.75) is 25.1 Å². The average Bonchev–Trinajstić information content (AvgIpc) is 2.98. The summed E-state index contributed by atoms with van der Waals surface area (Å²) in [5.74, 6) is -1.10. The molecule has 0 radical (unpaired) electrons. The molecule has 1 fully saturated rings. The summed E-state index contributed by atoms with van der Waals surface area (Å²) in [6.07, 6.45) is 2.70. The molecule has 2 rings (SSSR count). The molecule has 2 atom stereocenters. The highest BCUT2D eigenvalue weighted by Crippen LogP contribution is 2.17. The summed E-state index contributed by atoms with van der Waals surface area (Å²) in [6.45, 7) is 0.900. The van der Waals surface area contributed by atoms with Crippen molar-refractivity contribution in [2.24, 2.45) is 0 Å². The van der Waals surface area contributed by atoms with E-state index >= 15 is 0 Å². The van der Waals surface area contributed by atoms with Crippen LogP contribution in [0, 0.1) is 0 Å². The first-order valence-electron chi connectivity index (χ1n) is 6.00. The topological polar surface area (TPSA) is 108 Å². The lowest BCUT2D eigenvalue weighted by Gasteiger charge is -2.21. The Hall–Kier alpha value is -2.09. The number of β-amino-alcohol motifs (C(OH)–C–C–N with tert-alkyl or cyclic N) is 1. The van der Waals surface area contributed by atoms with Crippen molar-refractivity contribution in [1.82, 2.24) is 20.0 Å². The number of nitrogens with zero attached hydrogens (tertiary/aromatic N) is 3. The van der Waals surface area contributed by atoms with Gasteiger partial charge in [0.1, 0.15) is 6.04 Å². The summed E-state index contributed by atoms with van der Waals surface area (Å²) in [6, 6.07) is 0.342. The monoisotopic (exact) mass is 268 g/mol. The first-order valence-corrected chi connectivity index (χ1v) is 6.00. The molecule has 1 aromatic rings. The van der Waals surface area contributed by atoms with Crippen LogP contribution < -0.4 is 5.32 Å². The number of urea groups is 1. The maximum absolute atomic E-state index is 11.8. The SMILES string of the molecule is O=C(O)[C@H]1C[C@@H](O)CN1C(=O)NCCn1cccn1. The van der Waals surface area contributed by atoms with E-state index in [1.807, 2.05) is 0 Å². The molecule has 0 aliphatic carbocycles. The number of carboxylic acids is 1. The Labute approximate surface area is 109 Å². The minimum atomic E-state index is -1.10. The van der Waals surface area contributed by atoms with Crippen molar-refractivity contribution in [3.05, 3.63) is 18.5 Å². The predicted octanol–water partition coefficient (Wildman–Crippen LogP) is -0.887. The molecule has 0 saturated carbocycles. The molecule has 2 heterocycles. The maximum Gasteiger partial charge on any atom is 0.326 e. The molecule has 0 spiro atoms. The third kappa shape index (κ3) is 3.22. The number of hydrogen-bond acceptors (Lipinski definition) is 4. The van der Waals surface area contributed by atoms with Crippen LogP contribution in [0.15, 0.2) is 18.5 Å². The number of carboxylic acid groups (broad SMARTS) is 1. The fourth-order valence-electron chi connectivity index (χ4n) is 2.08. The number of carbonyl (C=O) groups is 2. The molecule has 0 aromatic carbocycles. The number of aliphatic hydroxyl groups excluding tert-OH is 1. The number of carbonyl (C=O) groups excluding carboxylic acids is 1. The van der Waals surface area contributed by atoms with E-state index in [0.717, 1.165) is 4.90 Å². The van der Waals surface area contributed by atoms with Gasteiger partial charge in [0, 0.05) is 31.9 Å². The number of aliphatic hydroxyl groups is 1. The molecule has 1 aliphatic heterocycles. The van der Waals surface area contributed by atoms with Crippen LogP contribution in [0.1, 0.15) is 6.42 Å². The number of likely N-dealkylation sites (tertiary alicyclic amines) is 1. The van der Waals surface area contributed by atoms with E-state index in [0.29, 0.717) is 13.1 Å². The molecule has 1 saturated heterocycles. The Morgan fingerprint density at radius 2 is 2.26 bits per heavy atom. The summed E-state index contributed by atoms with van der Waals surface area (Å²) in [5, 5.41) is 25.0. The van der Waals surface area contributed by atoms with Gasteiger partial charge in [0.05, 0.1) is 12.6 Å². The van der Waals surface area contributed by atoms with E-state index in [9.17, 15) is 14.7 Å². The normalized spacial score (nSPS) is 22.5. The number of hydrogen-bond donors (Lipinski definition) is 3. The second-order valence-corrected chi connectivity index (χ2v) is 4.40. The van der Waals surface area contributed by atoms with Crippen molar-refractivity contribution in [3.8, 4) is 0 Å². The zero-order valence-electron chi connectivity index (χ0n) is 10.3. The van der Waals surface area contributed by atoms with E-state index in [2.05, 4.69) is 10.4 Å². The van der Waals surface area contributed by atoms with E-state index in [1.165, 1.54) is 0 Å². The van der Waals surface area contributed by atoms with Gasteiger partial charge in [0.15, 0.2) is 0 Å². The van der Waals surface area contributed by atoms with Crippen LogP contribution in [-0.4, -0.2) is 62.1 Å². The fraction of sp³-hybridized carbons (Fsp3) is 0.545. The average molecular weight is 268 g/mol. The minimum Gasteiger partial charge on any atom is -0.480 e. The lowest BCUT2D eigenvalue weighted by Crippen LogP contribution is -2.46. The zero-order valence-corrected chi connectivity index (χ0v) is 10.3. The van der Waals surface area contributed by atoms with Crippen LogP contribution in [-0.2, 0) is 11.3 Å². The molecule has 0 unspecified atom stereocenters. The van der Waals surface area contributed by atoms with Gasteiger partial charge in [-0.2, -0.15) is 5.10 Å².